The van der Waals surface area contributed by atoms with Crippen LogP contribution < -0.4 is 0 Å². The molecule has 0 rings (SSSR count). The van der Waals surface area contributed by atoms with E-state index in [4.69, 9.17) is 0 Å². The first-order valence-electron chi connectivity index (χ1n) is 4.70. The zero-order valence-corrected chi connectivity index (χ0v) is 10.3. The van der Waals surface area contributed by atoms with Crippen LogP contribution in [0.25, 0.3) is 0 Å². The highest BCUT2D eigenvalue weighted by atomic mass is 79.9. The molecule has 0 aliphatic carbocycles. The summed E-state index contributed by atoms with van der Waals surface area (Å²) < 4.78 is 36.6. The van der Waals surface area contributed by atoms with E-state index in [0.717, 1.165) is 0 Å². The van der Waals surface area contributed by atoms with Gasteiger partial charge in [0, 0.05) is 13.1 Å². The van der Waals surface area contributed by atoms with Gasteiger partial charge in [-0.15, -0.1) is 0 Å². The van der Waals surface area contributed by atoms with Crippen LogP contribution in [-0.4, -0.2) is 35.5 Å². The molecule has 0 heterocycles. The van der Waals surface area contributed by atoms with Gasteiger partial charge in [0.15, 0.2) is 0 Å². The summed E-state index contributed by atoms with van der Waals surface area (Å²) in [7, 11) is 0. The van der Waals surface area contributed by atoms with Gasteiger partial charge in [0.25, 0.3) is 0 Å². The summed E-state index contributed by atoms with van der Waals surface area (Å²) in [4.78, 5) is 0.381. The smallest absolute Gasteiger partial charge is 0.302 e. The van der Waals surface area contributed by atoms with Gasteiger partial charge < -0.3 is 4.90 Å². The molecule has 1 nitrogen and oxygen atoms in total. The second-order valence-electron chi connectivity index (χ2n) is 3.76. The minimum absolute atomic E-state index is 0.0260. The Kier molecular flexibility index (Phi) is 6.05. The number of hydrogen-bond donors (Lipinski definition) is 0. The van der Waals surface area contributed by atoms with E-state index in [1.165, 1.54) is 0 Å². The Hall–Kier alpha value is 0.230. The van der Waals surface area contributed by atoms with E-state index >= 15 is 0 Å². The molecule has 0 spiro atoms. The normalized spacial score (nSPS) is 15.2. The lowest BCUT2D eigenvalue weighted by Crippen LogP contribution is -2.39. The third-order valence-electron chi connectivity index (χ3n) is 1.84. The van der Waals surface area contributed by atoms with Crippen molar-refractivity contribution in [3.63, 3.8) is 0 Å². The molecular formula is C9H17BrF3N. The number of hydrogen-bond acceptors (Lipinski definition) is 1. The molecule has 0 bridgehead atoms. The molecule has 86 valence electrons. The predicted octanol–water partition coefficient (Wildman–Crippen LogP) is 3.29. The number of nitrogens with zero attached hydrogens (tertiary/aromatic N) is 1. The van der Waals surface area contributed by atoms with Crippen molar-refractivity contribution < 1.29 is 13.2 Å². The molecule has 0 fully saturated rings. The fourth-order valence-corrected chi connectivity index (χ4v) is 1.59. The molecule has 0 amide bonds. The average Bonchev–Trinajstić information content (AvgIpc) is 2.00. The molecule has 0 radical (unpaired) electrons. The van der Waals surface area contributed by atoms with Crippen molar-refractivity contribution in [1.82, 2.24) is 4.90 Å². The maximum absolute atomic E-state index is 12.2. The summed E-state index contributed by atoms with van der Waals surface area (Å²) in [6.45, 7) is 7.25. The summed E-state index contributed by atoms with van der Waals surface area (Å²) in [6, 6.07) is 0. The summed E-state index contributed by atoms with van der Waals surface area (Å²) >= 11 is 2.66. The third kappa shape index (κ3) is 5.86. The van der Waals surface area contributed by atoms with Crippen LogP contribution in [0.3, 0.4) is 0 Å². The molecule has 5 heteroatoms. The highest BCUT2D eigenvalue weighted by Gasteiger charge is 2.38. The van der Waals surface area contributed by atoms with Crippen LogP contribution in [-0.2, 0) is 0 Å². The largest absolute Gasteiger partial charge is 0.402 e. The maximum atomic E-state index is 12.2. The van der Waals surface area contributed by atoms with Crippen molar-refractivity contribution >= 4 is 15.9 Å². The van der Waals surface area contributed by atoms with Crippen LogP contribution in [0.15, 0.2) is 0 Å². The molecule has 0 saturated heterocycles. The van der Waals surface area contributed by atoms with Crippen LogP contribution in [0.1, 0.15) is 20.8 Å². The standard InChI is InChI=1S/C9H17BrF3N/c1-4-14(5-7(2)3)6-8(10)9(11,12)13/h7-8H,4-6H2,1-3H3. The summed E-state index contributed by atoms with van der Waals surface area (Å²) in [5.74, 6) is 0.392. The summed E-state index contributed by atoms with van der Waals surface area (Å²) in [6.07, 6.45) is -4.15. The van der Waals surface area contributed by atoms with E-state index in [1.54, 1.807) is 4.90 Å². The predicted molar refractivity (Wildman–Crippen MR) is 55.7 cm³/mol. The Labute approximate surface area is 91.8 Å². The average molecular weight is 276 g/mol. The number of rotatable bonds is 5. The first-order valence-corrected chi connectivity index (χ1v) is 5.62. The van der Waals surface area contributed by atoms with Crippen molar-refractivity contribution in [3.05, 3.63) is 0 Å². The monoisotopic (exact) mass is 275 g/mol. The van der Waals surface area contributed by atoms with E-state index < -0.39 is 11.0 Å². The quantitative estimate of drug-likeness (QED) is 0.696. The Bertz CT molecular complexity index is 159. The first kappa shape index (κ1) is 14.2. The molecule has 0 aromatic heterocycles. The Morgan fingerprint density at radius 3 is 2.00 bits per heavy atom. The number of halogens is 4. The zero-order chi connectivity index (χ0) is 11.4. The van der Waals surface area contributed by atoms with Crippen LogP contribution in [0.5, 0.6) is 0 Å². The number of alkyl halides is 4. The Balaban J connectivity index is 4.05. The van der Waals surface area contributed by atoms with E-state index in [-0.39, 0.29) is 6.54 Å². The summed E-state index contributed by atoms with van der Waals surface area (Å²) in [5.41, 5.74) is 0. The van der Waals surface area contributed by atoms with Crippen molar-refractivity contribution in [1.29, 1.82) is 0 Å². The maximum Gasteiger partial charge on any atom is 0.402 e. The van der Waals surface area contributed by atoms with Crippen LogP contribution in [0, 0.1) is 5.92 Å². The van der Waals surface area contributed by atoms with E-state index in [9.17, 15) is 13.2 Å². The van der Waals surface area contributed by atoms with Crippen LogP contribution in [0.4, 0.5) is 13.2 Å². The minimum Gasteiger partial charge on any atom is -0.302 e. The van der Waals surface area contributed by atoms with Gasteiger partial charge in [-0.1, -0.05) is 36.7 Å². The highest BCUT2D eigenvalue weighted by molar-refractivity contribution is 9.09. The van der Waals surface area contributed by atoms with E-state index in [1.807, 2.05) is 20.8 Å². The SMILES string of the molecule is CCN(CC(C)C)CC(Br)C(F)(F)F. The molecular weight excluding hydrogens is 259 g/mol. The lowest BCUT2D eigenvalue weighted by molar-refractivity contribution is -0.130. The molecule has 0 N–H and O–H groups in total. The zero-order valence-electron chi connectivity index (χ0n) is 8.74. The Morgan fingerprint density at radius 2 is 1.71 bits per heavy atom. The third-order valence-corrected chi connectivity index (χ3v) is 2.65. The molecule has 1 unspecified atom stereocenters. The molecule has 14 heavy (non-hydrogen) atoms. The topological polar surface area (TPSA) is 3.24 Å². The molecule has 0 aliphatic rings. The van der Waals surface area contributed by atoms with E-state index in [0.29, 0.717) is 19.0 Å². The molecule has 0 aromatic carbocycles. The summed E-state index contributed by atoms with van der Waals surface area (Å²) in [5, 5.41) is 0. The second kappa shape index (κ2) is 5.95. The van der Waals surface area contributed by atoms with Crippen molar-refractivity contribution in [2.75, 3.05) is 19.6 Å². The Morgan fingerprint density at radius 1 is 1.21 bits per heavy atom. The molecule has 0 aromatic rings. The minimum atomic E-state index is -4.15. The lowest BCUT2D eigenvalue weighted by atomic mass is 10.2. The van der Waals surface area contributed by atoms with Gasteiger partial charge in [-0.25, -0.2) is 0 Å². The molecule has 0 aliphatic heterocycles. The first-order chi connectivity index (χ1) is 6.27. The van der Waals surface area contributed by atoms with Gasteiger partial charge >= 0.3 is 6.18 Å². The second-order valence-corrected chi connectivity index (χ2v) is 4.86. The fraction of sp³-hybridized carbons (Fsp3) is 1.00. The van der Waals surface area contributed by atoms with Gasteiger partial charge in [0.1, 0.15) is 4.83 Å². The van der Waals surface area contributed by atoms with Crippen molar-refractivity contribution in [3.8, 4) is 0 Å². The van der Waals surface area contributed by atoms with Crippen molar-refractivity contribution in [2.45, 2.75) is 31.8 Å². The fourth-order valence-electron chi connectivity index (χ4n) is 1.18. The van der Waals surface area contributed by atoms with Crippen LogP contribution >= 0.6 is 15.9 Å². The molecule has 0 saturated carbocycles. The highest BCUT2D eigenvalue weighted by Crippen LogP contribution is 2.27. The van der Waals surface area contributed by atoms with Crippen molar-refractivity contribution in [2.24, 2.45) is 5.92 Å². The van der Waals surface area contributed by atoms with Gasteiger partial charge in [-0.2, -0.15) is 13.2 Å². The molecule has 1 atom stereocenters. The van der Waals surface area contributed by atoms with Gasteiger partial charge in [0.2, 0.25) is 0 Å². The lowest BCUT2D eigenvalue weighted by Gasteiger charge is -2.26. The van der Waals surface area contributed by atoms with Gasteiger partial charge in [0.05, 0.1) is 0 Å². The van der Waals surface area contributed by atoms with E-state index in [2.05, 4.69) is 15.9 Å². The van der Waals surface area contributed by atoms with Crippen LogP contribution in [0.2, 0.25) is 0 Å². The van der Waals surface area contributed by atoms with Gasteiger partial charge in [-0.05, 0) is 12.5 Å². The van der Waals surface area contributed by atoms with Gasteiger partial charge in [-0.3, -0.25) is 0 Å².